The number of benzene rings is 2. The summed E-state index contributed by atoms with van der Waals surface area (Å²) in [6.45, 7) is 0.196. The third-order valence-electron chi connectivity index (χ3n) is 2.89. The number of nitro benzene ring substituents is 1. The minimum atomic E-state index is -0.780. The van der Waals surface area contributed by atoms with Gasteiger partial charge in [0.25, 0.3) is 10.9 Å². The van der Waals surface area contributed by atoms with Gasteiger partial charge in [-0.05, 0) is 35.4 Å². The molecular weight excluding hydrogens is 310 g/mol. The molecular formula is C15H12ClNO5. The molecule has 0 saturated heterocycles. The van der Waals surface area contributed by atoms with Crippen molar-refractivity contribution in [1.29, 1.82) is 0 Å². The molecule has 2 aromatic carbocycles. The summed E-state index contributed by atoms with van der Waals surface area (Å²) >= 11 is 5.37. The van der Waals surface area contributed by atoms with E-state index in [0.29, 0.717) is 5.75 Å². The highest BCUT2D eigenvalue weighted by atomic mass is 35.5. The second-order valence-electron chi connectivity index (χ2n) is 4.38. The molecule has 0 aliphatic rings. The van der Waals surface area contributed by atoms with E-state index in [0.717, 1.165) is 11.6 Å². The van der Waals surface area contributed by atoms with Crippen LogP contribution in [0.25, 0.3) is 0 Å². The van der Waals surface area contributed by atoms with Crippen LogP contribution < -0.4 is 9.47 Å². The van der Waals surface area contributed by atoms with Crippen molar-refractivity contribution in [1.82, 2.24) is 0 Å². The zero-order valence-electron chi connectivity index (χ0n) is 11.6. The lowest BCUT2D eigenvalue weighted by molar-refractivity contribution is -0.385. The van der Waals surface area contributed by atoms with Crippen LogP contribution in [0.15, 0.2) is 42.5 Å². The number of carbonyl (C=O) groups excluding carboxylic acids is 1. The molecule has 114 valence electrons. The minimum absolute atomic E-state index is 0.0144. The van der Waals surface area contributed by atoms with Crippen molar-refractivity contribution in [2.45, 2.75) is 6.61 Å². The van der Waals surface area contributed by atoms with E-state index < -0.39 is 10.2 Å². The average Bonchev–Trinajstić information content (AvgIpc) is 2.53. The second-order valence-corrected chi connectivity index (χ2v) is 4.73. The van der Waals surface area contributed by atoms with Crippen LogP contribution >= 0.6 is 11.6 Å². The molecule has 2 rings (SSSR count). The Hall–Kier alpha value is -2.60. The molecule has 0 heterocycles. The summed E-state index contributed by atoms with van der Waals surface area (Å²) in [5.74, 6) is 0.920. The van der Waals surface area contributed by atoms with Gasteiger partial charge in [0.05, 0.1) is 18.1 Å². The topological polar surface area (TPSA) is 78.7 Å². The number of hydrogen-bond donors (Lipinski definition) is 0. The third-order valence-corrected chi connectivity index (χ3v) is 3.11. The first kappa shape index (κ1) is 15.8. The average molecular weight is 322 g/mol. The zero-order chi connectivity index (χ0) is 16.1. The number of hydrogen-bond acceptors (Lipinski definition) is 5. The summed E-state index contributed by atoms with van der Waals surface area (Å²) in [7, 11) is 1.57. The molecule has 0 spiro atoms. The van der Waals surface area contributed by atoms with Gasteiger partial charge in [-0.15, -0.1) is 0 Å². The lowest BCUT2D eigenvalue weighted by Gasteiger charge is -2.08. The van der Waals surface area contributed by atoms with E-state index in [1.54, 1.807) is 19.2 Å². The highest BCUT2D eigenvalue weighted by Crippen LogP contribution is 2.25. The van der Waals surface area contributed by atoms with Gasteiger partial charge >= 0.3 is 0 Å². The van der Waals surface area contributed by atoms with Crippen molar-refractivity contribution >= 4 is 22.5 Å². The number of non-ortho nitro benzene ring substituents is 1. The van der Waals surface area contributed by atoms with Gasteiger partial charge < -0.3 is 9.47 Å². The van der Waals surface area contributed by atoms with E-state index in [9.17, 15) is 14.9 Å². The Morgan fingerprint density at radius 1 is 1.18 bits per heavy atom. The summed E-state index contributed by atoms with van der Waals surface area (Å²) in [5.41, 5.74) is 0.614. The second kappa shape index (κ2) is 6.91. The van der Waals surface area contributed by atoms with Crippen molar-refractivity contribution in [3.05, 3.63) is 63.7 Å². The molecule has 0 atom stereocenters. The summed E-state index contributed by atoms with van der Waals surface area (Å²) < 4.78 is 10.5. The highest BCUT2D eigenvalue weighted by Gasteiger charge is 2.14. The SMILES string of the molecule is COc1ccc(COc2cc(C(=O)Cl)cc([N+](=O)[O-])c2)cc1. The van der Waals surface area contributed by atoms with Crippen LogP contribution in [0.5, 0.6) is 11.5 Å². The summed E-state index contributed by atoms with van der Waals surface area (Å²) in [5, 5.41) is 10.1. The van der Waals surface area contributed by atoms with E-state index in [2.05, 4.69) is 0 Å². The Balaban J connectivity index is 2.17. The molecule has 6 nitrogen and oxygen atoms in total. The lowest BCUT2D eigenvalue weighted by Crippen LogP contribution is -1.99. The minimum Gasteiger partial charge on any atom is -0.497 e. The smallest absolute Gasteiger partial charge is 0.273 e. The monoisotopic (exact) mass is 321 g/mol. The van der Waals surface area contributed by atoms with Crippen LogP contribution in [0.1, 0.15) is 15.9 Å². The van der Waals surface area contributed by atoms with Crippen LogP contribution in [-0.2, 0) is 6.61 Å². The molecule has 0 aliphatic carbocycles. The standard InChI is InChI=1S/C15H12ClNO5/c1-21-13-4-2-10(3-5-13)9-22-14-7-11(15(16)18)6-12(8-14)17(19)20/h2-8H,9H2,1H3. The molecule has 0 amide bonds. The molecule has 0 radical (unpaired) electrons. The summed E-state index contributed by atoms with van der Waals surface area (Å²) in [6, 6.07) is 10.9. The van der Waals surface area contributed by atoms with Gasteiger partial charge in [-0.25, -0.2) is 0 Å². The number of methoxy groups -OCH3 is 1. The van der Waals surface area contributed by atoms with E-state index in [-0.39, 0.29) is 23.6 Å². The van der Waals surface area contributed by atoms with Gasteiger partial charge in [0.1, 0.15) is 18.1 Å². The molecule has 0 saturated carbocycles. The first-order chi connectivity index (χ1) is 10.5. The molecule has 7 heteroatoms. The van der Waals surface area contributed by atoms with Crippen molar-refractivity contribution < 1.29 is 19.2 Å². The van der Waals surface area contributed by atoms with Crippen LogP contribution in [-0.4, -0.2) is 17.3 Å². The normalized spacial score (nSPS) is 10.1. The maximum atomic E-state index is 11.2. The largest absolute Gasteiger partial charge is 0.497 e. The maximum absolute atomic E-state index is 11.2. The van der Waals surface area contributed by atoms with Crippen molar-refractivity contribution in [2.24, 2.45) is 0 Å². The summed E-state index contributed by atoms with van der Waals surface area (Å²) in [4.78, 5) is 21.4. The van der Waals surface area contributed by atoms with E-state index in [4.69, 9.17) is 21.1 Å². The Bertz CT molecular complexity index is 667. The quantitative estimate of drug-likeness (QED) is 0.462. The molecule has 0 aromatic heterocycles. The van der Waals surface area contributed by atoms with Gasteiger partial charge in [0.2, 0.25) is 0 Å². The predicted molar refractivity (Wildman–Crippen MR) is 80.6 cm³/mol. The molecule has 0 N–H and O–H groups in total. The number of rotatable bonds is 6. The maximum Gasteiger partial charge on any atom is 0.273 e. The fraction of sp³-hybridized carbons (Fsp3) is 0.133. The van der Waals surface area contributed by atoms with Gasteiger partial charge in [0.15, 0.2) is 0 Å². The lowest BCUT2D eigenvalue weighted by atomic mass is 10.2. The third kappa shape index (κ3) is 3.95. The van der Waals surface area contributed by atoms with Crippen molar-refractivity contribution in [2.75, 3.05) is 7.11 Å². The molecule has 22 heavy (non-hydrogen) atoms. The zero-order valence-corrected chi connectivity index (χ0v) is 12.4. The number of nitro groups is 1. The van der Waals surface area contributed by atoms with Crippen LogP contribution in [0.4, 0.5) is 5.69 Å². The van der Waals surface area contributed by atoms with Crippen LogP contribution in [0, 0.1) is 10.1 Å². The Morgan fingerprint density at radius 3 is 2.41 bits per heavy atom. The number of carbonyl (C=O) groups is 1. The van der Waals surface area contributed by atoms with E-state index in [1.807, 2.05) is 12.1 Å². The predicted octanol–water partition coefficient (Wildman–Crippen LogP) is 3.56. The summed E-state index contributed by atoms with van der Waals surface area (Å²) in [6.07, 6.45) is 0. The number of ether oxygens (including phenoxy) is 2. The van der Waals surface area contributed by atoms with E-state index >= 15 is 0 Å². The highest BCUT2D eigenvalue weighted by molar-refractivity contribution is 6.67. The molecule has 0 unspecified atom stereocenters. The Kier molecular flexibility index (Phi) is 4.95. The first-order valence-corrected chi connectivity index (χ1v) is 6.62. The molecule has 0 fully saturated rings. The number of nitrogens with zero attached hydrogens (tertiary/aromatic N) is 1. The Labute approximate surface area is 131 Å². The van der Waals surface area contributed by atoms with Crippen LogP contribution in [0.3, 0.4) is 0 Å². The van der Waals surface area contributed by atoms with Crippen molar-refractivity contribution in [3.63, 3.8) is 0 Å². The van der Waals surface area contributed by atoms with Crippen molar-refractivity contribution in [3.8, 4) is 11.5 Å². The van der Waals surface area contributed by atoms with Gasteiger partial charge in [-0.3, -0.25) is 14.9 Å². The fourth-order valence-corrected chi connectivity index (χ4v) is 1.88. The van der Waals surface area contributed by atoms with Gasteiger partial charge in [-0.1, -0.05) is 12.1 Å². The fourth-order valence-electron chi connectivity index (χ4n) is 1.77. The van der Waals surface area contributed by atoms with E-state index in [1.165, 1.54) is 12.1 Å². The first-order valence-electron chi connectivity index (χ1n) is 6.24. The molecule has 2 aromatic rings. The molecule has 0 bridgehead atoms. The van der Waals surface area contributed by atoms with Gasteiger partial charge in [-0.2, -0.15) is 0 Å². The molecule has 0 aliphatic heterocycles. The van der Waals surface area contributed by atoms with Gasteiger partial charge in [0, 0.05) is 11.6 Å². The Morgan fingerprint density at radius 2 is 1.86 bits per heavy atom. The van der Waals surface area contributed by atoms with Crippen LogP contribution in [0.2, 0.25) is 0 Å². The number of halogens is 1.